The highest BCUT2D eigenvalue weighted by Gasteiger charge is 2.10. The molecule has 0 saturated heterocycles. The van der Waals surface area contributed by atoms with Gasteiger partial charge >= 0.3 is 0 Å². The van der Waals surface area contributed by atoms with Crippen LogP contribution in [0.3, 0.4) is 0 Å². The Hall–Kier alpha value is -2.06. The van der Waals surface area contributed by atoms with Gasteiger partial charge in [-0.2, -0.15) is 10.5 Å². The third-order valence-corrected chi connectivity index (χ3v) is 2.67. The van der Waals surface area contributed by atoms with Crippen molar-refractivity contribution in [3.8, 4) is 12.1 Å². The van der Waals surface area contributed by atoms with Crippen LogP contribution in [0, 0.1) is 22.7 Å². The maximum Gasteiger partial charge on any atom is 0.130 e. The molecule has 0 heterocycles. The molecule has 0 radical (unpaired) electrons. The molecule has 2 heteroatoms. The fourth-order valence-corrected chi connectivity index (χ4v) is 1.94. The van der Waals surface area contributed by atoms with E-state index in [0.717, 1.165) is 18.4 Å². The molecule has 0 fully saturated rings. The molecule has 1 aromatic rings. The van der Waals surface area contributed by atoms with Gasteiger partial charge in [0, 0.05) is 0 Å². The van der Waals surface area contributed by atoms with Crippen molar-refractivity contribution in [2.24, 2.45) is 0 Å². The van der Waals surface area contributed by atoms with Gasteiger partial charge in [-0.25, -0.2) is 0 Å². The van der Waals surface area contributed by atoms with Crippen molar-refractivity contribution < 1.29 is 0 Å². The summed E-state index contributed by atoms with van der Waals surface area (Å²) in [6.45, 7) is 0. The number of nitrogens with zero attached hydrogens (tertiary/aromatic N) is 2. The first-order chi connectivity index (χ1) is 7.33. The normalized spacial score (nSPS) is 12.4. The van der Waals surface area contributed by atoms with Crippen molar-refractivity contribution >= 4 is 6.08 Å². The molecule has 0 unspecified atom stereocenters. The molecule has 1 aliphatic rings. The van der Waals surface area contributed by atoms with Crippen LogP contribution in [-0.2, 0) is 12.8 Å². The predicted octanol–water partition coefficient (Wildman–Crippen LogP) is 2.61. The quantitative estimate of drug-likeness (QED) is 0.645. The Bertz CT molecular complexity index is 482. The number of fused-ring (bicyclic) bond motifs is 1. The molecule has 0 bridgehead atoms. The minimum atomic E-state index is 0.160. The lowest BCUT2D eigenvalue weighted by atomic mass is 10.0. The van der Waals surface area contributed by atoms with E-state index in [2.05, 4.69) is 12.1 Å². The molecule has 0 aromatic heterocycles. The van der Waals surface area contributed by atoms with Crippen LogP contribution < -0.4 is 0 Å². The van der Waals surface area contributed by atoms with Gasteiger partial charge in [0.15, 0.2) is 0 Å². The van der Waals surface area contributed by atoms with Gasteiger partial charge in [0.1, 0.15) is 17.7 Å². The topological polar surface area (TPSA) is 47.6 Å². The number of nitriles is 2. The van der Waals surface area contributed by atoms with Gasteiger partial charge in [-0.1, -0.05) is 18.2 Å². The summed E-state index contributed by atoms with van der Waals surface area (Å²) in [7, 11) is 0. The van der Waals surface area contributed by atoms with Crippen molar-refractivity contribution in [3.63, 3.8) is 0 Å². The minimum absolute atomic E-state index is 0.160. The van der Waals surface area contributed by atoms with Crippen LogP contribution >= 0.6 is 0 Å². The summed E-state index contributed by atoms with van der Waals surface area (Å²) in [6.07, 6.45) is 5.12. The second kappa shape index (κ2) is 3.98. The Morgan fingerprint density at radius 2 is 1.87 bits per heavy atom. The van der Waals surface area contributed by atoms with Gasteiger partial charge in [-0.15, -0.1) is 0 Å². The number of allylic oxidation sites excluding steroid dienone is 1. The van der Waals surface area contributed by atoms with E-state index in [9.17, 15) is 0 Å². The first-order valence-electron chi connectivity index (χ1n) is 4.97. The zero-order valence-corrected chi connectivity index (χ0v) is 8.33. The number of aryl methyl sites for hydroxylation is 2. The van der Waals surface area contributed by atoms with Crippen LogP contribution in [0.5, 0.6) is 0 Å². The fraction of sp³-hybridized carbons (Fsp3) is 0.231. The third kappa shape index (κ3) is 1.90. The fourth-order valence-electron chi connectivity index (χ4n) is 1.94. The summed E-state index contributed by atoms with van der Waals surface area (Å²) < 4.78 is 0. The Morgan fingerprint density at radius 3 is 2.60 bits per heavy atom. The minimum Gasteiger partial charge on any atom is -0.192 e. The molecule has 0 N–H and O–H groups in total. The van der Waals surface area contributed by atoms with Gasteiger partial charge in [-0.05, 0) is 42.0 Å². The summed E-state index contributed by atoms with van der Waals surface area (Å²) in [5.74, 6) is 0. The van der Waals surface area contributed by atoms with Crippen LogP contribution in [0.2, 0.25) is 0 Å². The van der Waals surface area contributed by atoms with Crippen LogP contribution in [0.1, 0.15) is 23.1 Å². The zero-order valence-electron chi connectivity index (χ0n) is 8.33. The smallest absolute Gasteiger partial charge is 0.130 e. The van der Waals surface area contributed by atoms with Gasteiger partial charge in [0.05, 0.1) is 0 Å². The van der Waals surface area contributed by atoms with Crippen LogP contribution in [0.15, 0.2) is 23.8 Å². The molecule has 0 amide bonds. The molecular formula is C13H10N2. The Morgan fingerprint density at radius 1 is 1.13 bits per heavy atom. The van der Waals surface area contributed by atoms with Crippen LogP contribution in [-0.4, -0.2) is 0 Å². The standard InChI is InChI=1S/C13H10N2/c14-8-11(9-15)6-10-4-5-12-2-1-3-13(12)7-10/h4-7H,1-3H2. The summed E-state index contributed by atoms with van der Waals surface area (Å²) >= 11 is 0. The molecule has 0 spiro atoms. The lowest BCUT2D eigenvalue weighted by Gasteiger charge is -1.99. The highest BCUT2D eigenvalue weighted by molar-refractivity contribution is 5.63. The SMILES string of the molecule is N#CC(C#N)=Cc1ccc2c(c1)CCC2. The molecule has 0 aliphatic heterocycles. The second-order valence-corrected chi connectivity index (χ2v) is 3.66. The first kappa shape index (κ1) is 9.49. The van der Waals surface area contributed by atoms with E-state index in [1.54, 1.807) is 6.08 Å². The van der Waals surface area contributed by atoms with Gasteiger partial charge in [-0.3, -0.25) is 0 Å². The van der Waals surface area contributed by atoms with Crippen LogP contribution in [0.25, 0.3) is 6.08 Å². The average Bonchev–Trinajstić information content (AvgIpc) is 2.73. The predicted molar refractivity (Wildman–Crippen MR) is 57.7 cm³/mol. The molecule has 0 saturated carbocycles. The van der Waals surface area contributed by atoms with Gasteiger partial charge in [0.25, 0.3) is 0 Å². The summed E-state index contributed by atoms with van der Waals surface area (Å²) in [5, 5.41) is 17.3. The molecule has 15 heavy (non-hydrogen) atoms. The van der Waals surface area contributed by atoms with Crippen LogP contribution in [0.4, 0.5) is 0 Å². The third-order valence-electron chi connectivity index (χ3n) is 2.67. The summed E-state index contributed by atoms with van der Waals surface area (Å²) in [6, 6.07) is 9.89. The number of rotatable bonds is 1. The maximum absolute atomic E-state index is 8.64. The van der Waals surface area contributed by atoms with Gasteiger partial charge < -0.3 is 0 Å². The monoisotopic (exact) mass is 194 g/mol. The van der Waals surface area contributed by atoms with Crippen molar-refractivity contribution in [2.75, 3.05) is 0 Å². The molecular weight excluding hydrogens is 184 g/mol. The lowest BCUT2D eigenvalue weighted by molar-refractivity contribution is 0.912. The summed E-state index contributed by atoms with van der Waals surface area (Å²) in [5.41, 5.74) is 3.88. The number of benzene rings is 1. The average molecular weight is 194 g/mol. The van der Waals surface area contributed by atoms with E-state index >= 15 is 0 Å². The van der Waals surface area contributed by atoms with Gasteiger partial charge in [0.2, 0.25) is 0 Å². The van der Waals surface area contributed by atoms with E-state index in [-0.39, 0.29) is 5.57 Å². The molecule has 72 valence electrons. The molecule has 2 rings (SSSR count). The van der Waals surface area contributed by atoms with E-state index in [1.807, 2.05) is 18.2 Å². The molecule has 2 nitrogen and oxygen atoms in total. The number of hydrogen-bond acceptors (Lipinski definition) is 2. The largest absolute Gasteiger partial charge is 0.192 e. The first-order valence-corrected chi connectivity index (χ1v) is 4.97. The highest BCUT2D eigenvalue weighted by atomic mass is 14.3. The second-order valence-electron chi connectivity index (χ2n) is 3.66. The Kier molecular flexibility index (Phi) is 2.52. The van der Waals surface area contributed by atoms with Crippen molar-refractivity contribution in [1.29, 1.82) is 10.5 Å². The Balaban J connectivity index is 2.37. The zero-order chi connectivity index (χ0) is 10.7. The van der Waals surface area contributed by atoms with Crippen molar-refractivity contribution in [1.82, 2.24) is 0 Å². The van der Waals surface area contributed by atoms with E-state index in [0.29, 0.717) is 0 Å². The van der Waals surface area contributed by atoms with Crippen molar-refractivity contribution in [2.45, 2.75) is 19.3 Å². The molecule has 0 atom stereocenters. The summed E-state index contributed by atoms with van der Waals surface area (Å²) in [4.78, 5) is 0. The number of hydrogen-bond donors (Lipinski definition) is 0. The molecule has 1 aromatic carbocycles. The Labute approximate surface area is 89.1 Å². The maximum atomic E-state index is 8.64. The lowest BCUT2D eigenvalue weighted by Crippen LogP contribution is -1.83. The van der Waals surface area contributed by atoms with Crippen molar-refractivity contribution in [3.05, 3.63) is 40.5 Å². The highest BCUT2D eigenvalue weighted by Crippen LogP contribution is 2.23. The van der Waals surface area contributed by atoms with E-state index in [4.69, 9.17) is 10.5 Å². The molecule has 1 aliphatic carbocycles. The van der Waals surface area contributed by atoms with E-state index in [1.165, 1.54) is 17.5 Å². The van der Waals surface area contributed by atoms with E-state index < -0.39 is 0 Å².